The number of benzene rings is 2. The quantitative estimate of drug-likeness (QED) is 0.482. The highest BCUT2D eigenvalue weighted by molar-refractivity contribution is 6.34. The van der Waals surface area contributed by atoms with E-state index in [1.54, 1.807) is 0 Å². The first-order valence-corrected chi connectivity index (χ1v) is 8.12. The van der Waals surface area contributed by atoms with Crippen molar-refractivity contribution < 1.29 is 33.8 Å². The molecule has 2 aromatic carbocycles. The summed E-state index contributed by atoms with van der Waals surface area (Å²) in [6.07, 6.45) is -1.10. The summed E-state index contributed by atoms with van der Waals surface area (Å²) in [5.74, 6) is -4.46. The molecule has 2 atom stereocenters. The Morgan fingerprint density at radius 2 is 1.93 bits per heavy atom. The van der Waals surface area contributed by atoms with Gasteiger partial charge >= 0.3 is 5.91 Å². The number of hydrogen-bond donors (Lipinski definition) is 2. The van der Waals surface area contributed by atoms with Gasteiger partial charge in [-0.2, -0.15) is 0 Å². The summed E-state index contributed by atoms with van der Waals surface area (Å²) in [6.45, 7) is 1.07. The second-order valence-electron chi connectivity index (χ2n) is 6.23. The largest absolute Gasteiger partial charge is 0.508 e. The minimum atomic E-state index is -2.21. The van der Waals surface area contributed by atoms with E-state index in [9.17, 15) is 24.2 Å². The van der Waals surface area contributed by atoms with Crippen molar-refractivity contribution in [3.63, 3.8) is 0 Å². The number of likely N-dealkylation sites (N-methyl/N-ethyl adjacent to an activating group) is 1. The number of carbonyl (C=O) groups is 2. The number of aliphatic hydroxyl groups is 1. The molecule has 1 amide bonds. The first kappa shape index (κ1) is 19.0. The van der Waals surface area contributed by atoms with Crippen molar-refractivity contribution in [3.8, 4) is 5.75 Å². The summed E-state index contributed by atoms with van der Waals surface area (Å²) >= 11 is 0. The van der Waals surface area contributed by atoms with Crippen molar-refractivity contribution >= 4 is 11.7 Å². The third-order valence-electron chi connectivity index (χ3n) is 4.27. The SMILES string of the molecule is CC(=O)C(=O)N(C)OC1(O)c2ccc(F)cc2COC1c1ccc(O)cc1. The number of ether oxygens (including phenoxy) is 1. The number of Topliss-reactive ketones (excluding diaryl/α,β-unsaturated/α-hetero) is 1. The smallest absolute Gasteiger partial charge is 0.313 e. The Hall–Kier alpha value is -2.81. The molecule has 142 valence electrons. The molecule has 0 radical (unpaired) electrons. The Morgan fingerprint density at radius 3 is 2.56 bits per heavy atom. The number of halogens is 1. The van der Waals surface area contributed by atoms with Gasteiger partial charge in [-0.25, -0.2) is 14.3 Å². The Bertz CT molecular complexity index is 884. The van der Waals surface area contributed by atoms with E-state index in [2.05, 4.69) is 0 Å². The van der Waals surface area contributed by atoms with Gasteiger partial charge in [-0.15, -0.1) is 0 Å². The number of carbonyl (C=O) groups excluding carboxylic acids is 2. The minimum absolute atomic E-state index is 0.00528. The number of hydroxylamine groups is 2. The highest BCUT2D eigenvalue weighted by Crippen LogP contribution is 2.45. The summed E-state index contributed by atoms with van der Waals surface area (Å²) in [5, 5.41) is 21.5. The van der Waals surface area contributed by atoms with Crippen LogP contribution in [0.15, 0.2) is 42.5 Å². The molecule has 0 aromatic heterocycles. The van der Waals surface area contributed by atoms with Crippen LogP contribution in [-0.2, 0) is 31.6 Å². The fourth-order valence-corrected chi connectivity index (χ4v) is 3.00. The van der Waals surface area contributed by atoms with Crippen LogP contribution in [0.3, 0.4) is 0 Å². The van der Waals surface area contributed by atoms with Crippen molar-refractivity contribution in [1.29, 1.82) is 0 Å². The number of phenolic OH excluding ortho intramolecular Hbond substituents is 1. The molecule has 0 saturated carbocycles. The monoisotopic (exact) mass is 375 g/mol. The van der Waals surface area contributed by atoms with E-state index in [4.69, 9.17) is 9.57 Å². The number of fused-ring (bicyclic) bond motifs is 1. The Labute approximate surface area is 154 Å². The predicted molar refractivity (Wildman–Crippen MR) is 90.5 cm³/mol. The van der Waals surface area contributed by atoms with Gasteiger partial charge in [-0.3, -0.25) is 9.59 Å². The maximum Gasteiger partial charge on any atom is 0.313 e. The first-order valence-electron chi connectivity index (χ1n) is 8.12. The van der Waals surface area contributed by atoms with E-state index < -0.39 is 29.4 Å². The zero-order valence-electron chi connectivity index (χ0n) is 14.7. The summed E-state index contributed by atoms with van der Waals surface area (Å²) in [7, 11) is 1.19. The van der Waals surface area contributed by atoms with Crippen LogP contribution >= 0.6 is 0 Å². The van der Waals surface area contributed by atoms with Crippen molar-refractivity contribution in [2.24, 2.45) is 0 Å². The summed E-state index contributed by atoms with van der Waals surface area (Å²) in [4.78, 5) is 28.7. The van der Waals surface area contributed by atoms with Crippen LogP contribution in [0.4, 0.5) is 4.39 Å². The molecule has 0 aliphatic carbocycles. The number of hydrogen-bond acceptors (Lipinski definition) is 6. The number of rotatable bonds is 4. The molecule has 27 heavy (non-hydrogen) atoms. The number of amides is 1. The van der Waals surface area contributed by atoms with Gasteiger partial charge in [0.1, 0.15) is 17.7 Å². The molecule has 1 heterocycles. The molecule has 0 saturated heterocycles. The molecule has 7 nitrogen and oxygen atoms in total. The number of aromatic hydroxyl groups is 1. The Kier molecular flexibility index (Phi) is 4.97. The average Bonchev–Trinajstić information content (AvgIpc) is 2.62. The second kappa shape index (κ2) is 7.07. The lowest BCUT2D eigenvalue weighted by molar-refractivity contribution is -0.364. The van der Waals surface area contributed by atoms with Crippen molar-refractivity contribution in [3.05, 3.63) is 65.0 Å². The molecule has 1 aliphatic rings. The summed E-state index contributed by atoms with van der Waals surface area (Å²) < 4.78 is 19.3. The van der Waals surface area contributed by atoms with Crippen LogP contribution in [-0.4, -0.2) is 34.0 Å². The van der Waals surface area contributed by atoms with Gasteiger partial charge in [0.25, 0.3) is 0 Å². The van der Waals surface area contributed by atoms with Crippen molar-refractivity contribution in [2.45, 2.75) is 25.4 Å². The molecule has 0 bridgehead atoms. The topological polar surface area (TPSA) is 96.3 Å². The molecule has 3 rings (SSSR count). The molecular formula is C19H18FNO6. The van der Waals surface area contributed by atoms with Gasteiger partial charge in [0, 0.05) is 19.5 Å². The van der Waals surface area contributed by atoms with E-state index in [0.29, 0.717) is 16.2 Å². The summed E-state index contributed by atoms with van der Waals surface area (Å²) in [5.41, 5.74) is 1.00. The van der Waals surface area contributed by atoms with Crippen LogP contribution < -0.4 is 0 Å². The third kappa shape index (κ3) is 3.55. The zero-order chi connectivity index (χ0) is 19.8. The fraction of sp³-hybridized carbons (Fsp3) is 0.263. The molecule has 2 unspecified atom stereocenters. The minimum Gasteiger partial charge on any atom is -0.508 e. The van der Waals surface area contributed by atoms with Crippen LogP contribution in [0, 0.1) is 5.82 Å². The Morgan fingerprint density at radius 1 is 1.26 bits per heavy atom. The Balaban J connectivity index is 2.07. The van der Waals surface area contributed by atoms with Gasteiger partial charge in [0.15, 0.2) is 0 Å². The van der Waals surface area contributed by atoms with Gasteiger partial charge in [-0.1, -0.05) is 18.2 Å². The molecule has 8 heteroatoms. The van der Waals surface area contributed by atoms with Crippen LogP contribution in [0.25, 0.3) is 0 Å². The van der Waals surface area contributed by atoms with Crippen LogP contribution in [0.5, 0.6) is 5.75 Å². The molecule has 0 fully saturated rings. The molecule has 0 spiro atoms. The van der Waals surface area contributed by atoms with E-state index >= 15 is 0 Å². The highest BCUT2D eigenvalue weighted by atomic mass is 19.1. The van der Waals surface area contributed by atoms with E-state index in [1.165, 1.54) is 43.4 Å². The molecule has 1 aliphatic heterocycles. The van der Waals surface area contributed by atoms with Gasteiger partial charge < -0.3 is 14.9 Å². The standard InChI is InChI=1S/C19H18FNO6/c1-11(22)18(24)21(2)27-19(25)16-8-5-14(20)9-13(16)10-26-17(19)12-3-6-15(23)7-4-12/h3-9,17,23,25H,10H2,1-2H3. The van der Waals surface area contributed by atoms with E-state index in [1.807, 2.05) is 0 Å². The normalized spacial score (nSPS) is 21.4. The van der Waals surface area contributed by atoms with Crippen molar-refractivity contribution in [2.75, 3.05) is 7.05 Å². The number of phenols is 1. The predicted octanol–water partition coefficient (Wildman–Crippen LogP) is 1.93. The fourth-order valence-electron chi connectivity index (χ4n) is 3.00. The lowest BCUT2D eigenvalue weighted by atomic mass is 9.89. The second-order valence-corrected chi connectivity index (χ2v) is 6.23. The molecule has 2 aromatic rings. The zero-order valence-corrected chi connectivity index (χ0v) is 14.7. The summed E-state index contributed by atoms with van der Waals surface area (Å²) in [6, 6.07) is 9.55. The lowest BCUT2D eigenvalue weighted by Crippen LogP contribution is -2.48. The lowest BCUT2D eigenvalue weighted by Gasteiger charge is -2.41. The van der Waals surface area contributed by atoms with Crippen molar-refractivity contribution in [1.82, 2.24) is 5.06 Å². The first-order chi connectivity index (χ1) is 12.7. The maximum atomic E-state index is 13.6. The molecular weight excluding hydrogens is 357 g/mol. The average molecular weight is 375 g/mol. The molecule has 2 N–H and O–H groups in total. The van der Waals surface area contributed by atoms with Gasteiger partial charge in [-0.05, 0) is 35.4 Å². The number of ketones is 1. The highest BCUT2D eigenvalue weighted by Gasteiger charge is 2.48. The third-order valence-corrected chi connectivity index (χ3v) is 4.27. The number of nitrogens with zero attached hydrogens (tertiary/aromatic N) is 1. The van der Waals surface area contributed by atoms with Gasteiger partial charge in [0.2, 0.25) is 11.6 Å². The van der Waals surface area contributed by atoms with Gasteiger partial charge in [0.05, 0.1) is 6.61 Å². The van der Waals surface area contributed by atoms with E-state index in [-0.39, 0.29) is 17.9 Å². The maximum absolute atomic E-state index is 13.6. The van der Waals surface area contributed by atoms with E-state index in [0.717, 1.165) is 13.0 Å². The van der Waals surface area contributed by atoms with Crippen LogP contribution in [0.2, 0.25) is 0 Å². The van der Waals surface area contributed by atoms with Crippen LogP contribution in [0.1, 0.15) is 29.7 Å².